The highest BCUT2D eigenvalue weighted by atomic mass is 35.5. The number of benzene rings is 2. The zero-order valence-electron chi connectivity index (χ0n) is 20.5. The van der Waals surface area contributed by atoms with Crippen LogP contribution in [0.1, 0.15) is 17.5 Å². The molecule has 0 fully saturated rings. The molecule has 1 aliphatic rings. The zero-order valence-corrected chi connectivity index (χ0v) is 22.0. The van der Waals surface area contributed by atoms with Gasteiger partial charge in [0.05, 0.1) is 30.4 Å². The Hall–Kier alpha value is -3.74. The first-order valence-electron chi connectivity index (χ1n) is 11.3. The number of hydrogen-bond acceptors (Lipinski definition) is 4. The maximum atomic E-state index is 12.7. The normalized spacial score (nSPS) is 14.8. The number of amides is 1. The quantitative estimate of drug-likeness (QED) is 0.276. The van der Waals surface area contributed by atoms with E-state index in [-0.39, 0.29) is 22.1 Å². The third-order valence-corrected chi connectivity index (χ3v) is 6.33. The molecule has 0 saturated heterocycles. The van der Waals surface area contributed by atoms with Gasteiger partial charge in [0.15, 0.2) is 0 Å². The van der Waals surface area contributed by atoms with Crippen molar-refractivity contribution in [1.29, 1.82) is 0 Å². The number of fused-ring (bicyclic) bond motifs is 1. The largest absolute Gasteiger partial charge is 0.496 e. The second kappa shape index (κ2) is 12.5. The Balaban J connectivity index is 1.91. The highest BCUT2D eigenvalue weighted by molar-refractivity contribution is 6.40. The van der Waals surface area contributed by atoms with Crippen LogP contribution in [0.2, 0.25) is 0 Å². The van der Waals surface area contributed by atoms with Gasteiger partial charge in [0.1, 0.15) is 17.6 Å². The van der Waals surface area contributed by atoms with Crippen molar-refractivity contribution in [3.05, 3.63) is 112 Å². The summed E-state index contributed by atoms with van der Waals surface area (Å²) >= 11 is 11.9. The van der Waals surface area contributed by atoms with Crippen LogP contribution in [0.3, 0.4) is 0 Å². The Labute approximate surface area is 225 Å². The van der Waals surface area contributed by atoms with E-state index in [0.29, 0.717) is 5.76 Å². The van der Waals surface area contributed by atoms with E-state index >= 15 is 0 Å². The molecular formula is C29H27Cl2NO5. The SMILES string of the molecule is C=C/C(Cl)=C(\C(=C)Cl)C(=O)NC(Cc1ccc2cc(C3=C(OC)C=CCC=C3OC)ccc2c1)C(=O)O. The van der Waals surface area contributed by atoms with Gasteiger partial charge in [-0.15, -0.1) is 0 Å². The van der Waals surface area contributed by atoms with Crippen LogP contribution >= 0.6 is 23.2 Å². The lowest BCUT2D eigenvalue weighted by molar-refractivity contribution is -0.141. The number of halogens is 2. The molecule has 8 heteroatoms. The summed E-state index contributed by atoms with van der Waals surface area (Å²) in [4.78, 5) is 24.6. The number of carboxylic acid groups (broad SMARTS) is 1. The molecule has 2 aromatic carbocycles. The molecule has 37 heavy (non-hydrogen) atoms. The molecule has 0 heterocycles. The highest BCUT2D eigenvalue weighted by Gasteiger charge is 2.24. The average Bonchev–Trinajstić information content (AvgIpc) is 3.09. The van der Waals surface area contributed by atoms with E-state index in [1.54, 1.807) is 14.2 Å². The minimum Gasteiger partial charge on any atom is -0.496 e. The van der Waals surface area contributed by atoms with Crippen molar-refractivity contribution in [3.63, 3.8) is 0 Å². The van der Waals surface area contributed by atoms with Crippen LogP contribution in [-0.2, 0) is 25.5 Å². The Kier molecular flexibility index (Phi) is 9.39. The summed E-state index contributed by atoms with van der Waals surface area (Å²) in [6, 6.07) is 10.3. The lowest BCUT2D eigenvalue weighted by Gasteiger charge is -2.17. The molecule has 1 unspecified atom stereocenters. The van der Waals surface area contributed by atoms with Crippen molar-refractivity contribution in [3.8, 4) is 0 Å². The molecular weight excluding hydrogens is 513 g/mol. The minimum absolute atomic E-state index is 0.0227. The van der Waals surface area contributed by atoms with E-state index in [1.165, 1.54) is 6.08 Å². The molecule has 0 bridgehead atoms. The van der Waals surface area contributed by atoms with E-state index in [1.807, 2.05) is 54.6 Å². The third-order valence-electron chi connectivity index (χ3n) is 5.79. The summed E-state index contributed by atoms with van der Waals surface area (Å²) in [5.74, 6) is -0.518. The fourth-order valence-electron chi connectivity index (χ4n) is 4.00. The topological polar surface area (TPSA) is 84.9 Å². The lowest BCUT2D eigenvalue weighted by Crippen LogP contribution is -2.43. The molecule has 0 saturated carbocycles. The number of carbonyl (C=O) groups excluding carboxylic acids is 1. The molecule has 1 atom stereocenters. The van der Waals surface area contributed by atoms with E-state index in [0.717, 1.165) is 39.7 Å². The Bertz CT molecular complexity index is 1380. The Morgan fingerprint density at radius 1 is 1.14 bits per heavy atom. The van der Waals surface area contributed by atoms with Gasteiger partial charge in [0, 0.05) is 11.5 Å². The second-order valence-electron chi connectivity index (χ2n) is 8.15. The van der Waals surface area contributed by atoms with Crippen LogP contribution in [-0.4, -0.2) is 37.2 Å². The van der Waals surface area contributed by atoms with Gasteiger partial charge in [-0.2, -0.15) is 0 Å². The summed E-state index contributed by atoms with van der Waals surface area (Å²) < 4.78 is 11.2. The number of allylic oxidation sites excluding steroid dienone is 6. The monoisotopic (exact) mass is 539 g/mol. The molecule has 192 valence electrons. The van der Waals surface area contributed by atoms with Gasteiger partial charge in [-0.25, -0.2) is 4.79 Å². The number of hydrogen-bond donors (Lipinski definition) is 2. The fourth-order valence-corrected chi connectivity index (χ4v) is 4.44. The van der Waals surface area contributed by atoms with E-state index in [2.05, 4.69) is 18.5 Å². The maximum absolute atomic E-state index is 12.7. The van der Waals surface area contributed by atoms with Crippen molar-refractivity contribution >= 4 is 51.4 Å². The number of ether oxygens (including phenoxy) is 2. The number of carboxylic acids is 1. The van der Waals surface area contributed by atoms with Gasteiger partial charge in [0.25, 0.3) is 5.91 Å². The summed E-state index contributed by atoms with van der Waals surface area (Å²) in [6.45, 7) is 7.03. The van der Waals surface area contributed by atoms with Gasteiger partial charge in [-0.3, -0.25) is 4.79 Å². The zero-order chi connectivity index (χ0) is 27.1. The highest BCUT2D eigenvalue weighted by Crippen LogP contribution is 2.33. The predicted molar refractivity (Wildman–Crippen MR) is 148 cm³/mol. The summed E-state index contributed by atoms with van der Waals surface area (Å²) in [5, 5.41) is 13.9. The maximum Gasteiger partial charge on any atom is 0.326 e. The molecule has 0 aromatic heterocycles. The first-order chi connectivity index (χ1) is 17.7. The van der Waals surface area contributed by atoms with E-state index in [9.17, 15) is 14.7 Å². The van der Waals surface area contributed by atoms with Crippen LogP contribution in [0.25, 0.3) is 16.3 Å². The fraction of sp³-hybridized carbons (Fsp3) is 0.172. The Morgan fingerprint density at radius 2 is 1.84 bits per heavy atom. The standard InChI is InChI=1S/C29H27Cl2NO5/c1-5-22(31)26(17(2)30)28(33)32-23(29(34)35)15-18-10-11-20-16-21(13-12-19(20)14-18)27-24(36-3)8-6-7-9-25(27)37-4/h5-6,8-14,16,23H,1-2,7,15H2,3-4H3,(H,32,33)(H,34,35)/b26-22-. The van der Waals surface area contributed by atoms with Crippen molar-refractivity contribution < 1.29 is 24.2 Å². The first-order valence-corrected chi connectivity index (χ1v) is 12.1. The first kappa shape index (κ1) is 27.8. The molecule has 0 spiro atoms. The number of methoxy groups -OCH3 is 2. The van der Waals surface area contributed by atoms with Crippen molar-refractivity contribution in [2.45, 2.75) is 18.9 Å². The summed E-state index contributed by atoms with van der Waals surface area (Å²) in [7, 11) is 3.25. The minimum atomic E-state index is -1.22. The Morgan fingerprint density at radius 3 is 2.46 bits per heavy atom. The molecule has 1 amide bonds. The number of aliphatic carboxylic acids is 1. The van der Waals surface area contributed by atoms with Crippen LogP contribution in [0.5, 0.6) is 0 Å². The van der Waals surface area contributed by atoms with Gasteiger partial charge in [-0.1, -0.05) is 72.8 Å². The third kappa shape index (κ3) is 6.53. The predicted octanol–water partition coefficient (Wildman–Crippen LogP) is 6.23. The lowest BCUT2D eigenvalue weighted by atomic mass is 9.96. The average molecular weight is 540 g/mol. The molecule has 3 rings (SSSR count). The van der Waals surface area contributed by atoms with Gasteiger partial charge >= 0.3 is 5.97 Å². The van der Waals surface area contributed by atoms with Gasteiger partial charge < -0.3 is 19.9 Å². The summed E-state index contributed by atoms with van der Waals surface area (Å²) in [5.41, 5.74) is 2.37. The van der Waals surface area contributed by atoms with E-state index < -0.39 is 17.9 Å². The van der Waals surface area contributed by atoms with Crippen LogP contribution < -0.4 is 5.32 Å². The molecule has 6 nitrogen and oxygen atoms in total. The van der Waals surface area contributed by atoms with Crippen LogP contribution in [0.4, 0.5) is 0 Å². The van der Waals surface area contributed by atoms with Gasteiger partial charge in [0.2, 0.25) is 0 Å². The second-order valence-corrected chi connectivity index (χ2v) is 9.01. The van der Waals surface area contributed by atoms with E-state index in [4.69, 9.17) is 32.7 Å². The van der Waals surface area contributed by atoms with Crippen molar-refractivity contribution in [2.24, 2.45) is 0 Å². The van der Waals surface area contributed by atoms with Crippen molar-refractivity contribution in [1.82, 2.24) is 5.32 Å². The summed E-state index contributed by atoms with van der Waals surface area (Å²) in [6.07, 6.45) is 7.94. The molecule has 0 radical (unpaired) electrons. The van der Waals surface area contributed by atoms with Crippen LogP contribution in [0, 0.1) is 0 Å². The molecule has 2 N–H and O–H groups in total. The molecule has 0 aliphatic heterocycles. The number of carbonyl (C=O) groups is 2. The van der Waals surface area contributed by atoms with Crippen LogP contribution in [0.15, 0.2) is 101 Å². The number of nitrogens with one attached hydrogen (secondary N) is 1. The number of rotatable bonds is 10. The molecule has 1 aliphatic carbocycles. The molecule has 2 aromatic rings. The van der Waals surface area contributed by atoms with Gasteiger partial charge in [-0.05, 0) is 52.6 Å². The van der Waals surface area contributed by atoms with Crippen molar-refractivity contribution in [2.75, 3.05) is 14.2 Å². The smallest absolute Gasteiger partial charge is 0.326 e.